The van der Waals surface area contributed by atoms with Crippen molar-refractivity contribution in [3.8, 4) is 5.75 Å². The standard InChI is InChI=1S/C22H20FN3O2/c1-14-5-8-16(23)12-19(14)25-21-20-18(4-3-11-24-20)22(27)26(21)13-15-6-9-17(28-2)10-7-15/h3-12,21,25H,13H2,1-2H3. The van der Waals surface area contributed by atoms with E-state index in [0.717, 1.165) is 16.9 Å². The zero-order valence-corrected chi connectivity index (χ0v) is 15.6. The van der Waals surface area contributed by atoms with Gasteiger partial charge in [0.2, 0.25) is 0 Å². The first kappa shape index (κ1) is 18.0. The Bertz CT molecular complexity index is 1020. The SMILES string of the molecule is COc1ccc(CN2C(=O)c3cccnc3C2Nc2cc(F)ccc2C)cc1. The van der Waals surface area contributed by atoms with Gasteiger partial charge in [-0.3, -0.25) is 9.78 Å². The highest BCUT2D eigenvalue weighted by atomic mass is 19.1. The number of carbonyl (C=O) groups is 1. The Labute approximate surface area is 162 Å². The van der Waals surface area contributed by atoms with E-state index >= 15 is 0 Å². The number of anilines is 1. The van der Waals surface area contributed by atoms with Gasteiger partial charge < -0.3 is 15.0 Å². The van der Waals surface area contributed by atoms with Crippen molar-refractivity contribution in [1.82, 2.24) is 9.88 Å². The minimum Gasteiger partial charge on any atom is -0.497 e. The first-order valence-electron chi connectivity index (χ1n) is 8.98. The van der Waals surface area contributed by atoms with Crippen molar-refractivity contribution >= 4 is 11.6 Å². The zero-order chi connectivity index (χ0) is 19.7. The van der Waals surface area contributed by atoms with E-state index in [1.54, 1.807) is 36.4 Å². The Morgan fingerprint density at radius 3 is 2.71 bits per heavy atom. The Morgan fingerprint density at radius 1 is 1.18 bits per heavy atom. The molecule has 0 radical (unpaired) electrons. The number of amides is 1. The summed E-state index contributed by atoms with van der Waals surface area (Å²) in [5.74, 6) is 0.317. The van der Waals surface area contributed by atoms with Gasteiger partial charge in [0, 0.05) is 18.4 Å². The molecule has 1 aromatic heterocycles. The van der Waals surface area contributed by atoms with Gasteiger partial charge >= 0.3 is 0 Å². The summed E-state index contributed by atoms with van der Waals surface area (Å²) in [6, 6.07) is 15.7. The maximum Gasteiger partial charge on any atom is 0.258 e. The summed E-state index contributed by atoms with van der Waals surface area (Å²) < 4.78 is 19.0. The summed E-state index contributed by atoms with van der Waals surface area (Å²) in [4.78, 5) is 19.2. The quantitative estimate of drug-likeness (QED) is 0.720. The molecule has 6 heteroatoms. The van der Waals surface area contributed by atoms with E-state index in [-0.39, 0.29) is 11.7 Å². The first-order chi connectivity index (χ1) is 13.6. The van der Waals surface area contributed by atoms with Crippen LogP contribution < -0.4 is 10.1 Å². The normalized spacial score (nSPS) is 15.5. The molecule has 0 saturated carbocycles. The number of pyridine rings is 1. The average molecular weight is 377 g/mol. The molecule has 1 amide bonds. The molecule has 2 heterocycles. The first-order valence-corrected chi connectivity index (χ1v) is 8.98. The third-order valence-corrected chi connectivity index (χ3v) is 4.90. The van der Waals surface area contributed by atoms with E-state index in [0.29, 0.717) is 23.5 Å². The van der Waals surface area contributed by atoms with Gasteiger partial charge in [0.25, 0.3) is 5.91 Å². The Kier molecular flexibility index (Phi) is 4.69. The van der Waals surface area contributed by atoms with Gasteiger partial charge in [0.15, 0.2) is 0 Å². The lowest BCUT2D eigenvalue weighted by molar-refractivity contribution is 0.0727. The van der Waals surface area contributed by atoms with Crippen LogP contribution in [0.25, 0.3) is 0 Å². The molecule has 2 aromatic carbocycles. The van der Waals surface area contributed by atoms with Crippen LogP contribution in [0.15, 0.2) is 60.8 Å². The number of methoxy groups -OCH3 is 1. The van der Waals surface area contributed by atoms with Gasteiger partial charge in [-0.2, -0.15) is 0 Å². The van der Waals surface area contributed by atoms with Gasteiger partial charge in [-0.15, -0.1) is 0 Å². The number of carbonyl (C=O) groups excluding carboxylic acids is 1. The summed E-state index contributed by atoms with van der Waals surface area (Å²) in [7, 11) is 1.61. The smallest absolute Gasteiger partial charge is 0.258 e. The molecular weight excluding hydrogens is 357 g/mol. The van der Waals surface area contributed by atoms with Gasteiger partial charge in [0.1, 0.15) is 17.7 Å². The summed E-state index contributed by atoms with van der Waals surface area (Å²) >= 11 is 0. The number of halogens is 1. The summed E-state index contributed by atoms with van der Waals surface area (Å²) in [5, 5.41) is 3.31. The number of benzene rings is 2. The summed E-state index contributed by atoms with van der Waals surface area (Å²) in [6.45, 7) is 2.29. The minimum absolute atomic E-state index is 0.106. The topological polar surface area (TPSA) is 54.5 Å². The highest BCUT2D eigenvalue weighted by Gasteiger charge is 2.38. The summed E-state index contributed by atoms with van der Waals surface area (Å²) in [5.41, 5.74) is 3.69. The fraction of sp³-hybridized carbons (Fsp3) is 0.182. The van der Waals surface area contributed by atoms with Crippen LogP contribution in [0.5, 0.6) is 5.75 Å². The van der Waals surface area contributed by atoms with Gasteiger partial charge in [-0.05, 0) is 54.4 Å². The van der Waals surface area contributed by atoms with E-state index in [1.807, 2.05) is 31.2 Å². The number of aryl methyl sites for hydroxylation is 1. The van der Waals surface area contributed by atoms with Gasteiger partial charge in [0.05, 0.1) is 18.4 Å². The summed E-state index contributed by atoms with van der Waals surface area (Å²) in [6.07, 6.45) is 1.18. The van der Waals surface area contributed by atoms with Crippen LogP contribution in [0.1, 0.15) is 33.3 Å². The average Bonchev–Trinajstić information content (AvgIpc) is 2.97. The molecule has 28 heavy (non-hydrogen) atoms. The highest BCUT2D eigenvalue weighted by Crippen LogP contribution is 2.35. The molecule has 1 aliphatic rings. The van der Waals surface area contributed by atoms with E-state index < -0.39 is 6.17 Å². The molecule has 0 fully saturated rings. The van der Waals surface area contributed by atoms with E-state index in [9.17, 15) is 9.18 Å². The molecule has 0 saturated heterocycles. The molecule has 0 aliphatic carbocycles. The van der Waals surface area contributed by atoms with Crippen LogP contribution in [0.2, 0.25) is 0 Å². The second kappa shape index (κ2) is 7.31. The van der Waals surface area contributed by atoms with E-state index in [2.05, 4.69) is 10.3 Å². The van der Waals surface area contributed by atoms with Gasteiger partial charge in [-0.1, -0.05) is 18.2 Å². The van der Waals surface area contributed by atoms with Crippen molar-refractivity contribution in [2.75, 3.05) is 12.4 Å². The minimum atomic E-state index is -0.480. The van der Waals surface area contributed by atoms with Crippen LogP contribution in [0, 0.1) is 12.7 Å². The van der Waals surface area contributed by atoms with Crippen LogP contribution in [0.4, 0.5) is 10.1 Å². The number of fused-ring (bicyclic) bond motifs is 1. The number of hydrogen-bond acceptors (Lipinski definition) is 4. The molecule has 0 spiro atoms. The van der Waals surface area contributed by atoms with Gasteiger partial charge in [-0.25, -0.2) is 4.39 Å². The Morgan fingerprint density at radius 2 is 1.96 bits per heavy atom. The molecule has 1 atom stereocenters. The largest absolute Gasteiger partial charge is 0.497 e. The van der Waals surface area contributed by atoms with E-state index in [1.165, 1.54) is 12.1 Å². The molecule has 142 valence electrons. The van der Waals surface area contributed by atoms with Crippen molar-refractivity contribution in [3.63, 3.8) is 0 Å². The second-order valence-electron chi connectivity index (χ2n) is 6.72. The van der Waals surface area contributed by atoms with E-state index in [4.69, 9.17) is 4.74 Å². The lowest BCUT2D eigenvalue weighted by Gasteiger charge is -2.27. The number of ether oxygens (including phenoxy) is 1. The fourth-order valence-corrected chi connectivity index (χ4v) is 3.37. The lowest BCUT2D eigenvalue weighted by atomic mass is 10.1. The second-order valence-corrected chi connectivity index (χ2v) is 6.72. The van der Waals surface area contributed by atoms with Crippen molar-refractivity contribution in [2.24, 2.45) is 0 Å². The molecule has 1 unspecified atom stereocenters. The Balaban J connectivity index is 1.68. The number of aromatic nitrogens is 1. The number of rotatable bonds is 5. The number of nitrogens with one attached hydrogen (secondary N) is 1. The maximum absolute atomic E-state index is 13.8. The van der Waals surface area contributed by atoms with Crippen LogP contribution in [-0.4, -0.2) is 22.9 Å². The maximum atomic E-state index is 13.8. The fourth-order valence-electron chi connectivity index (χ4n) is 3.37. The zero-order valence-electron chi connectivity index (χ0n) is 15.6. The van der Waals surface area contributed by atoms with Crippen molar-refractivity contribution in [1.29, 1.82) is 0 Å². The predicted molar refractivity (Wildman–Crippen MR) is 105 cm³/mol. The van der Waals surface area contributed by atoms with Crippen LogP contribution in [0.3, 0.4) is 0 Å². The third-order valence-electron chi connectivity index (χ3n) is 4.90. The van der Waals surface area contributed by atoms with Crippen LogP contribution >= 0.6 is 0 Å². The monoisotopic (exact) mass is 377 g/mol. The molecule has 5 nitrogen and oxygen atoms in total. The number of nitrogens with zero attached hydrogens (tertiary/aromatic N) is 2. The van der Waals surface area contributed by atoms with Crippen molar-refractivity contribution in [2.45, 2.75) is 19.6 Å². The third kappa shape index (κ3) is 3.29. The molecule has 3 aromatic rings. The molecule has 1 N–H and O–H groups in total. The van der Waals surface area contributed by atoms with Crippen LogP contribution in [-0.2, 0) is 6.54 Å². The Hall–Kier alpha value is -3.41. The number of hydrogen-bond donors (Lipinski definition) is 1. The highest BCUT2D eigenvalue weighted by molar-refractivity contribution is 5.98. The molecule has 4 rings (SSSR count). The molecule has 0 bridgehead atoms. The predicted octanol–water partition coefficient (Wildman–Crippen LogP) is 4.30. The van der Waals surface area contributed by atoms with Crippen molar-refractivity contribution in [3.05, 3.63) is 89.0 Å². The lowest BCUT2D eigenvalue weighted by Crippen LogP contribution is -2.32. The molecule has 1 aliphatic heterocycles. The van der Waals surface area contributed by atoms with Crippen molar-refractivity contribution < 1.29 is 13.9 Å². The molecular formula is C22H20FN3O2.